The van der Waals surface area contributed by atoms with Crippen molar-refractivity contribution in [2.45, 2.75) is 11.6 Å². The second-order valence-electron chi connectivity index (χ2n) is 6.43. The van der Waals surface area contributed by atoms with Gasteiger partial charge in [-0.3, -0.25) is 4.79 Å². The van der Waals surface area contributed by atoms with Gasteiger partial charge in [-0.15, -0.1) is 0 Å². The molecule has 0 bridgehead atoms. The number of rotatable bonds is 7. The predicted octanol–water partition coefficient (Wildman–Crippen LogP) is 4.04. The van der Waals surface area contributed by atoms with Gasteiger partial charge in [0.05, 0.1) is 11.3 Å². The summed E-state index contributed by atoms with van der Waals surface area (Å²) in [6.45, 7) is -0.0485. The summed E-state index contributed by atoms with van der Waals surface area (Å²) in [5.41, 5.74) is 1.05. The molecule has 0 radical (unpaired) electrons. The molecule has 7 nitrogen and oxygen atoms in total. The summed E-state index contributed by atoms with van der Waals surface area (Å²) in [7, 11) is 0. The third kappa shape index (κ3) is 5.13. The summed E-state index contributed by atoms with van der Waals surface area (Å²) in [5, 5.41) is 3.11. The number of nitrogens with one attached hydrogen (secondary N) is 1. The van der Waals surface area contributed by atoms with Crippen LogP contribution in [0.15, 0.2) is 65.8 Å². The van der Waals surface area contributed by atoms with Crippen LogP contribution in [0.25, 0.3) is 0 Å². The van der Waals surface area contributed by atoms with Crippen molar-refractivity contribution < 1.29 is 28.2 Å². The van der Waals surface area contributed by atoms with Gasteiger partial charge in [0.1, 0.15) is 17.5 Å². The number of ether oxygens (including phenoxy) is 3. The first-order valence-corrected chi connectivity index (χ1v) is 10.3. The van der Waals surface area contributed by atoms with E-state index in [1.165, 1.54) is 12.3 Å². The van der Waals surface area contributed by atoms with Crippen LogP contribution >= 0.6 is 11.8 Å². The number of hydrogen-bond acceptors (Lipinski definition) is 7. The number of amides is 1. The van der Waals surface area contributed by atoms with Gasteiger partial charge in [0.25, 0.3) is 0 Å². The van der Waals surface area contributed by atoms with Gasteiger partial charge in [0.15, 0.2) is 11.5 Å². The molecule has 1 aromatic heterocycles. The van der Waals surface area contributed by atoms with E-state index < -0.39 is 11.8 Å². The van der Waals surface area contributed by atoms with Crippen molar-refractivity contribution in [3.63, 3.8) is 0 Å². The second kappa shape index (κ2) is 9.48. The Morgan fingerprint density at radius 1 is 1.10 bits per heavy atom. The number of nitrogens with zero attached hydrogens (tertiary/aromatic N) is 1. The molecule has 0 saturated carbocycles. The van der Waals surface area contributed by atoms with Crippen LogP contribution in [0, 0.1) is 5.82 Å². The van der Waals surface area contributed by atoms with Crippen molar-refractivity contribution in [2.75, 3.05) is 17.9 Å². The maximum absolute atomic E-state index is 13.7. The number of aromatic nitrogens is 1. The average Bonchev–Trinajstić information content (AvgIpc) is 3.25. The molecule has 0 atom stereocenters. The van der Waals surface area contributed by atoms with Crippen molar-refractivity contribution in [1.29, 1.82) is 0 Å². The van der Waals surface area contributed by atoms with E-state index in [1.807, 2.05) is 0 Å². The highest BCUT2D eigenvalue weighted by Gasteiger charge is 2.17. The molecular formula is C22H17FN2O5S. The first-order chi connectivity index (χ1) is 15.1. The molecule has 158 valence electrons. The first kappa shape index (κ1) is 20.7. The number of benzene rings is 2. The van der Waals surface area contributed by atoms with E-state index in [1.54, 1.807) is 48.5 Å². The molecule has 1 amide bonds. The second-order valence-corrected chi connectivity index (χ2v) is 7.39. The van der Waals surface area contributed by atoms with Crippen molar-refractivity contribution in [2.24, 2.45) is 0 Å². The molecule has 1 N–H and O–H groups in total. The lowest BCUT2D eigenvalue weighted by atomic mass is 10.2. The molecule has 0 unspecified atom stereocenters. The highest BCUT2D eigenvalue weighted by molar-refractivity contribution is 8.00. The summed E-state index contributed by atoms with van der Waals surface area (Å²) < 4.78 is 29.5. The van der Waals surface area contributed by atoms with Gasteiger partial charge >= 0.3 is 5.97 Å². The van der Waals surface area contributed by atoms with Crippen molar-refractivity contribution in [1.82, 2.24) is 4.98 Å². The van der Waals surface area contributed by atoms with E-state index in [2.05, 4.69) is 10.3 Å². The summed E-state index contributed by atoms with van der Waals surface area (Å²) in [6, 6.07) is 14.3. The molecule has 2 heterocycles. The van der Waals surface area contributed by atoms with Crippen molar-refractivity contribution in [3.8, 4) is 11.5 Å². The fourth-order valence-corrected chi connectivity index (χ4v) is 3.59. The number of esters is 1. The molecule has 4 rings (SSSR count). The van der Waals surface area contributed by atoms with E-state index in [-0.39, 0.29) is 36.2 Å². The van der Waals surface area contributed by atoms with E-state index in [4.69, 9.17) is 14.2 Å². The zero-order valence-electron chi connectivity index (χ0n) is 16.2. The van der Waals surface area contributed by atoms with E-state index in [9.17, 15) is 14.0 Å². The average molecular weight is 440 g/mol. The molecule has 2 aromatic carbocycles. The van der Waals surface area contributed by atoms with Crippen LogP contribution < -0.4 is 14.8 Å². The highest BCUT2D eigenvalue weighted by atomic mass is 32.2. The zero-order valence-corrected chi connectivity index (χ0v) is 17.0. The largest absolute Gasteiger partial charge is 0.457 e. The zero-order chi connectivity index (χ0) is 21.6. The van der Waals surface area contributed by atoms with Crippen LogP contribution in [0.3, 0.4) is 0 Å². The highest BCUT2D eigenvalue weighted by Crippen LogP contribution is 2.34. The number of hydrogen-bond donors (Lipinski definition) is 1. The Hall–Kier alpha value is -3.59. The fraction of sp³-hybridized carbons (Fsp3) is 0.136. The van der Waals surface area contributed by atoms with Gasteiger partial charge in [0, 0.05) is 23.5 Å². The van der Waals surface area contributed by atoms with Gasteiger partial charge in [-0.2, -0.15) is 0 Å². The van der Waals surface area contributed by atoms with Crippen molar-refractivity contribution >= 4 is 29.3 Å². The molecular weight excluding hydrogens is 423 g/mol. The molecule has 3 aromatic rings. The predicted molar refractivity (Wildman–Crippen MR) is 112 cm³/mol. The number of pyridine rings is 1. The minimum absolute atomic E-state index is 0.0268. The smallest absolute Gasteiger partial charge is 0.341 e. The third-order valence-corrected chi connectivity index (χ3v) is 5.31. The Balaban J connectivity index is 1.35. The number of thioether (sulfide) groups is 1. The van der Waals surface area contributed by atoms with Crippen LogP contribution in [0.2, 0.25) is 0 Å². The minimum Gasteiger partial charge on any atom is -0.457 e. The van der Waals surface area contributed by atoms with Gasteiger partial charge in [-0.05, 0) is 30.3 Å². The molecule has 0 saturated heterocycles. The molecule has 9 heteroatoms. The Morgan fingerprint density at radius 3 is 2.81 bits per heavy atom. The lowest BCUT2D eigenvalue weighted by Gasteiger charge is -2.09. The SMILES string of the molecule is O=C(CSc1ncccc1C(=O)OCc1ccccc1F)Nc1ccc2c(c1)OCO2. The third-order valence-electron chi connectivity index (χ3n) is 4.30. The van der Waals surface area contributed by atoms with Crippen LogP contribution in [0.4, 0.5) is 10.1 Å². The van der Waals surface area contributed by atoms with Gasteiger partial charge < -0.3 is 19.5 Å². The number of halogens is 1. The van der Waals surface area contributed by atoms with Crippen molar-refractivity contribution in [3.05, 3.63) is 77.7 Å². The van der Waals surface area contributed by atoms with Crippen LogP contribution in [-0.2, 0) is 16.1 Å². The summed E-state index contributed by atoms with van der Waals surface area (Å²) >= 11 is 1.10. The molecule has 0 spiro atoms. The molecule has 1 aliphatic rings. The number of carbonyl (C=O) groups excluding carboxylic acids is 2. The number of anilines is 1. The summed E-state index contributed by atoms with van der Waals surface area (Å²) in [5.74, 6) is -0.153. The minimum atomic E-state index is -0.643. The standard InChI is InChI=1S/C22H17FN2O5S/c23-17-6-2-1-4-14(17)11-28-22(27)16-5-3-9-24-21(16)31-12-20(26)25-15-7-8-18-19(10-15)30-13-29-18/h1-10H,11-13H2,(H,25,26). The molecule has 0 fully saturated rings. The van der Waals surface area contributed by atoms with Gasteiger partial charge in [-0.1, -0.05) is 30.0 Å². The normalized spacial score (nSPS) is 11.8. The first-order valence-electron chi connectivity index (χ1n) is 9.28. The van der Waals surface area contributed by atoms with Gasteiger partial charge in [0.2, 0.25) is 12.7 Å². The lowest BCUT2D eigenvalue weighted by molar-refractivity contribution is -0.113. The van der Waals surface area contributed by atoms with E-state index >= 15 is 0 Å². The van der Waals surface area contributed by atoms with E-state index in [0.717, 1.165) is 11.8 Å². The maximum Gasteiger partial charge on any atom is 0.341 e. The number of fused-ring (bicyclic) bond motifs is 1. The Labute approximate surface area is 181 Å². The van der Waals surface area contributed by atoms with E-state index in [0.29, 0.717) is 22.2 Å². The fourth-order valence-electron chi connectivity index (χ4n) is 2.80. The van der Waals surface area contributed by atoms with Gasteiger partial charge in [-0.25, -0.2) is 14.2 Å². The summed E-state index contributed by atoms with van der Waals surface area (Å²) in [4.78, 5) is 29.0. The summed E-state index contributed by atoms with van der Waals surface area (Å²) in [6.07, 6.45) is 1.52. The molecule has 0 aliphatic carbocycles. The quantitative estimate of drug-likeness (QED) is 0.438. The monoisotopic (exact) mass is 440 g/mol. The lowest BCUT2D eigenvalue weighted by Crippen LogP contribution is -2.15. The Bertz CT molecular complexity index is 1120. The molecule has 31 heavy (non-hydrogen) atoms. The Morgan fingerprint density at radius 2 is 1.94 bits per heavy atom. The topological polar surface area (TPSA) is 86.8 Å². The van der Waals surface area contributed by atoms with Crippen LogP contribution in [-0.4, -0.2) is 29.4 Å². The molecule has 1 aliphatic heterocycles. The number of carbonyl (C=O) groups is 2. The van der Waals surface area contributed by atoms with Crippen LogP contribution in [0.5, 0.6) is 11.5 Å². The Kier molecular flexibility index (Phi) is 6.32. The maximum atomic E-state index is 13.7. The van der Waals surface area contributed by atoms with Crippen LogP contribution in [0.1, 0.15) is 15.9 Å².